The van der Waals surface area contributed by atoms with Crippen LogP contribution < -0.4 is 0 Å². The molecule has 0 aliphatic carbocycles. The van der Waals surface area contributed by atoms with Crippen molar-refractivity contribution in [2.45, 2.75) is 25.9 Å². The summed E-state index contributed by atoms with van der Waals surface area (Å²) in [5.41, 5.74) is 0. The maximum Gasteiger partial charge on any atom is 0.311 e. The Labute approximate surface area is 103 Å². The van der Waals surface area contributed by atoms with Crippen LogP contribution in [0.3, 0.4) is 0 Å². The molecule has 2 N–H and O–H groups in total. The first-order chi connectivity index (χ1) is 8.33. The van der Waals surface area contributed by atoms with E-state index in [-0.39, 0.29) is 31.5 Å². The molecule has 0 saturated carbocycles. The average molecular weight is 262 g/mol. The van der Waals surface area contributed by atoms with Gasteiger partial charge in [0.05, 0.1) is 6.42 Å². The highest BCUT2D eigenvalue weighted by molar-refractivity contribution is 5.69. The molecule has 0 aliphatic rings. The summed E-state index contributed by atoms with van der Waals surface area (Å²) in [6.07, 6.45) is -1.00. The summed E-state index contributed by atoms with van der Waals surface area (Å²) in [5, 5.41) is 16.2. The molecule has 18 heavy (non-hydrogen) atoms. The molecule has 0 spiro atoms. The molecule has 0 amide bonds. The predicted octanol–water partition coefficient (Wildman–Crippen LogP) is 0.170. The number of carbonyl (C=O) groups is 4. The number of hydrogen-bond donors (Lipinski definition) is 2. The van der Waals surface area contributed by atoms with Crippen molar-refractivity contribution in [1.29, 1.82) is 0 Å². The molecule has 0 aromatic rings. The topological polar surface area (TPSA) is 127 Å². The van der Waals surface area contributed by atoms with E-state index in [1.54, 1.807) is 0 Å². The molecule has 0 radical (unpaired) electrons. The van der Waals surface area contributed by atoms with Crippen LogP contribution in [0.1, 0.15) is 19.8 Å². The fourth-order valence-corrected chi connectivity index (χ4v) is 0.667. The van der Waals surface area contributed by atoms with Crippen LogP contribution in [0.4, 0.5) is 0 Å². The Morgan fingerprint density at radius 3 is 2.11 bits per heavy atom. The second-order valence-corrected chi connectivity index (χ2v) is 2.96. The van der Waals surface area contributed by atoms with Crippen molar-refractivity contribution in [2.24, 2.45) is 0 Å². The molecule has 0 rings (SSSR count). The van der Waals surface area contributed by atoms with E-state index < -0.39 is 18.0 Å². The molecule has 8 nitrogen and oxygen atoms in total. The molecule has 102 valence electrons. The monoisotopic (exact) mass is 262 g/mol. The third-order valence-electron chi connectivity index (χ3n) is 1.31. The standard InChI is InChI=1S/C5H8O4.C5H6O4/c2*1-4(9-3-6)2-5(7)8/h3-4H,2H2,1H3,(H,7,8);3H,1-2H2,(H,7,8). The van der Waals surface area contributed by atoms with Crippen LogP contribution in [0.5, 0.6) is 0 Å². The Morgan fingerprint density at radius 1 is 1.22 bits per heavy atom. The lowest BCUT2D eigenvalue weighted by molar-refractivity contribution is -0.143. The van der Waals surface area contributed by atoms with Gasteiger partial charge < -0.3 is 19.7 Å². The summed E-state index contributed by atoms with van der Waals surface area (Å²) in [5.74, 6) is -2.09. The lowest BCUT2D eigenvalue weighted by atomic mass is 10.3. The van der Waals surface area contributed by atoms with Crippen LogP contribution in [0.2, 0.25) is 0 Å². The minimum atomic E-state index is -1.07. The minimum absolute atomic E-state index is 0.0579. The van der Waals surface area contributed by atoms with Gasteiger partial charge in [-0.3, -0.25) is 19.2 Å². The normalized spacial score (nSPS) is 10.1. The zero-order chi connectivity index (χ0) is 14.6. The third-order valence-corrected chi connectivity index (χ3v) is 1.31. The number of carbonyl (C=O) groups excluding carboxylic acids is 2. The van der Waals surface area contributed by atoms with Gasteiger partial charge in [-0.25, -0.2) is 0 Å². The van der Waals surface area contributed by atoms with Crippen LogP contribution >= 0.6 is 0 Å². The van der Waals surface area contributed by atoms with Gasteiger partial charge in [0.15, 0.2) is 0 Å². The minimum Gasteiger partial charge on any atom is -0.481 e. The molecule has 0 bridgehead atoms. The van der Waals surface area contributed by atoms with E-state index >= 15 is 0 Å². The Hall–Kier alpha value is -2.38. The fourth-order valence-electron chi connectivity index (χ4n) is 0.667. The largest absolute Gasteiger partial charge is 0.481 e. The molecule has 1 atom stereocenters. The van der Waals surface area contributed by atoms with Gasteiger partial charge in [0.25, 0.3) is 12.9 Å². The van der Waals surface area contributed by atoms with Crippen LogP contribution in [-0.2, 0) is 28.7 Å². The Balaban J connectivity index is 0. The van der Waals surface area contributed by atoms with E-state index in [1.807, 2.05) is 0 Å². The van der Waals surface area contributed by atoms with E-state index in [1.165, 1.54) is 6.92 Å². The number of aliphatic carboxylic acids is 2. The summed E-state index contributed by atoms with van der Waals surface area (Å²) in [6, 6.07) is 0. The molecule has 1 unspecified atom stereocenters. The zero-order valence-corrected chi connectivity index (χ0v) is 9.70. The zero-order valence-electron chi connectivity index (χ0n) is 9.70. The van der Waals surface area contributed by atoms with Gasteiger partial charge in [-0.2, -0.15) is 0 Å². The van der Waals surface area contributed by atoms with E-state index in [0.29, 0.717) is 0 Å². The van der Waals surface area contributed by atoms with E-state index in [4.69, 9.17) is 10.2 Å². The number of carboxylic acids is 2. The van der Waals surface area contributed by atoms with Gasteiger partial charge in [-0.1, -0.05) is 6.58 Å². The molecule has 0 aromatic heterocycles. The van der Waals surface area contributed by atoms with Gasteiger partial charge >= 0.3 is 11.9 Å². The lowest BCUT2D eigenvalue weighted by Crippen LogP contribution is -2.12. The van der Waals surface area contributed by atoms with Crippen molar-refractivity contribution in [3.8, 4) is 0 Å². The molecule has 0 heterocycles. The number of hydrogen-bond acceptors (Lipinski definition) is 6. The summed E-state index contributed by atoms with van der Waals surface area (Å²) in [4.78, 5) is 38.8. The average Bonchev–Trinajstić information content (AvgIpc) is 2.16. The number of carboxylic acid groups (broad SMARTS) is 2. The van der Waals surface area contributed by atoms with Gasteiger partial charge in [0.2, 0.25) is 0 Å². The van der Waals surface area contributed by atoms with Crippen LogP contribution in [0.25, 0.3) is 0 Å². The summed E-state index contributed by atoms with van der Waals surface area (Å²) >= 11 is 0. The first-order valence-corrected chi connectivity index (χ1v) is 4.64. The fraction of sp³-hybridized carbons (Fsp3) is 0.400. The van der Waals surface area contributed by atoms with Crippen LogP contribution in [-0.4, -0.2) is 41.2 Å². The second kappa shape index (κ2) is 11.1. The first kappa shape index (κ1) is 18.0. The van der Waals surface area contributed by atoms with Crippen molar-refractivity contribution in [3.63, 3.8) is 0 Å². The lowest BCUT2D eigenvalue weighted by Gasteiger charge is -2.03. The summed E-state index contributed by atoms with van der Waals surface area (Å²) in [6.45, 7) is 5.05. The van der Waals surface area contributed by atoms with E-state index in [9.17, 15) is 19.2 Å². The molecule has 0 aliphatic heterocycles. The molecule has 8 heteroatoms. The van der Waals surface area contributed by atoms with Crippen molar-refractivity contribution in [2.75, 3.05) is 0 Å². The van der Waals surface area contributed by atoms with Gasteiger partial charge in [-0.05, 0) is 6.92 Å². The quantitative estimate of drug-likeness (QED) is 0.468. The Kier molecular flexibility index (Phi) is 11.1. The van der Waals surface area contributed by atoms with Gasteiger partial charge in [0.1, 0.15) is 18.3 Å². The van der Waals surface area contributed by atoms with Gasteiger partial charge in [0, 0.05) is 0 Å². The Morgan fingerprint density at radius 2 is 1.78 bits per heavy atom. The van der Waals surface area contributed by atoms with Crippen LogP contribution in [0.15, 0.2) is 12.3 Å². The maximum absolute atomic E-state index is 9.89. The van der Waals surface area contributed by atoms with Crippen molar-refractivity contribution >= 4 is 24.9 Å². The Bertz CT molecular complexity index is 309. The summed E-state index contributed by atoms with van der Waals surface area (Å²) in [7, 11) is 0. The van der Waals surface area contributed by atoms with E-state index in [0.717, 1.165) is 0 Å². The van der Waals surface area contributed by atoms with Crippen molar-refractivity contribution < 1.29 is 38.9 Å². The number of ether oxygens (including phenoxy) is 2. The highest BCUT2D eigenvalue weighted by Crippen LogP contribution is 1.96. The van der Waals surface area contributed by atoms with Gasteiger partial charge in [-0.15, -0.1) is 0 Å². The van der Waals surface area contributed by atoms with E-state index in [2.05, 4.69) is 16.1 Å². The molecular formula is C10H14O8. The van der Waals surface area contributed by atoms with Crippen molar-refractivity contribution in [1.82, 2.24) is 0 Å². The molecule has 0 saturated heterocycles. The highest BCUT2D eigenvalue weighted by Gasteiger charge is 2.05. The first-order valence-electron chi connectivity index (χ1n) is 4.64. The third kappa shape index (κ3) is 16.1. The second-order valence-electron chi connectivity index (χ2n) is 2.96. The highest BCUT2D eigenvalue weighted by atomic mass is 16.5. The molecule has 0 fully saturated rings. The van der Waals surface area contributed by atoms with Crippen LogP contribution in [0, 0.1) is 0 Å². The predicted molar refractivity (Wildman–Crippen MR) is 57.4 cm³/mol. The molecular weight excluding hydrogens is 248 g/mol. The number of rotatable bonds is 8. The maximum atomic E-state index is 9.89. The smallest absolute Gasteiger partial charge is 0.311 e. The van der Waals surface area contributed by atoms with Crippen molar-refractivity contribution in [3.05, 3.63) is 12.3 Å². The SMILES string of the molecule is C=C(CC(=O)O)OC=O.CC(CC(=O)O)OC=O. The molecule has 0 aromatic carbocycles. The summed E-state index contributed by atoms with van der Waals surface area (Å²) < 4.78 is 8.39.